The molecule has 2 heterocycles. The molecule has 0 bridgehead atoms. The zero-order valence-corrected chi connectivity index (χ0v) is 18.2. The molecule has 1 amide bonds. The molecule has 2 aliphatic rings. The largest absolute Gasteiger partial charge is 0.469 e. The van der Waals surface area contributed by atoms with E-state index in [0.717, 1.165) is 30.0 Å². The normalized spacial score (nSPS) is 21.2. The van der Waals surface area contributed by atoms with Crippen LogP contribution in [0.15, 0.2) is 42.5 Å². The van der Waals surface area contributed by atoms with Gasteiger partial charge in [-0.3, -0.25) is 9.59 Å². The molecule has 4 rings (SSSR count). The molecule has 1 atom stereocenters. The number of para-hydroxylation sites is 1. The van der Waals surface area contributed by atoms with Crippen LogP contribution in [0.3, 0.4) is 0 Å². The summed E-state index contributed by atoms with van der Waals surface area (Å²) in [5, 5.41) is 0.460. The molecular weight excluding hydrogens is 400 g/mol. The first-order valence-corrected chi connectivity index (χ1v) is 10.8. The fourth-order valence-corrected chi connectivity index (χ4v) is 4.79. The SMILES string of the molecule is COC(=O)C1(C)CCN(C(=O)c2ccc(N3CCCC3)cc2Cl)c2ccccc2C1. The summed E-state index contributed by atoms with van der Waals surface area (Å²) >= 11 is 6.57. The molecule has 0 aromatic heterocycles. The van der Waals surface area contributed by atoms with Crippen molar-refractivity contribution in [3.63, 3.8) is 0 Å². The van der Waals surface area contributed by atoms with Crippen LogP contribution in [0.25, 0.3) is 0 Å². The number of amides is 1. The lowest BCUT2D eigenvalue weighted by atomic mass is 9.81. The van der Waals surface area contributed by atoms with Gasteiger partial charge in [-0.25, -0.2) is 0 Å². The van der Waals surface area contributed by atoms with Crippen LogP contribution in [0.1, 0.15) is 42.1 Å². The lowest BCUT2D eigenvalue weighted by Crippen LogP contribution is -2.36. The van der Waals surface area contributed by atoms with Crippen LogP contribution in [-0.2, 0) is 16.0 Å². The number of methoxy groups -OCH3 is 1. The predicted molar refractivity (Wildman–Crippen MR) is 119 cm³/mol. The Morgan fingerprint density at radius 3 is 2.50 bits per heavy atom. The number of rotatable bonds is 3. The van der Waals surface area contributed by atoms with Gasteiger partial charge in [-0.1, -0.05) is 29.8 Å². The second-order valence-corrected chi connectivity index (χ2v) is 8.83. The summed E-state index contributed by atoms with van der Waals surface area (Å²) in [5.41, 5.74) is 2.65. The van der Waals surface area contributed by atoms with Gasteiger partial charge in [0.15, 0.2) is 0 Å². The van der Waals surface area contributed by atoms with E-state index in [2.05, 4.69) is 4.90 Å². The van der Waals surface area contributed by atoms with Crippen LogP contribution < -0.4 is 9.80 Å². The molecule has 0 saturated carbocycles. The zero-order chi connectivity index (χ0) is 21.3. The molecule has 2 aromatic carbocycles. The molecule has 1 saturated heterocycles. The van der Waals surface area contributed by atoms with E-state index in [1.54, 1.807) is 4.90 Å². The van der Waals surface area contributed by atoms with E-state index in [0.29, 0.717) is 30.0 Å². The Morgan fingerprint density at radius 2 is 1.80 bits per heavy atom. The van der Waals surface area contributed by atoms with E-state index in [9.17, 15) is 9.59 Å². The van der Waals surface area contributed by atoms with E-state index in [1.165, 1.54) is 20.0 Å². The number of halogens is 1. The number of hydrogen-bond donors (Lipinski definition) is 0. The number of hydrogen-bond acceptors (Lipinski definition) is 4. The molecule has 158 valence electrons. The molecule has 2 aromatic rings. The minimum absolute atomic E-state index is 0.144. The van der Waals surface area contributed by atoms with E-state index in [1.807, 2.05) is 49.4 Å². The third-order valence-electron chi connectivity index (χ3n) is 6.33. The Morgan fingerprint density at radius 1 is 1.07 bits per heavy atom. The van der Waals surface area contributed by atoms with Crippen molar-refractivity contribution >= 4 is 34.9 Å². The van der Waals surface area contributed by atoms with E-state index in [-0.39, 0.29) is 11.9 Å². The summed E-state index contributed by atoms with van der Waals surface area (Å²) in [4.78, 5) is 30.0. The molecule has 0 radical (unpaired) electrons. The maximum atomic E-state index is 13.5. The standard InChI is InChI=1S/C24H27ClN2O3/c1-24(23(29)30-2)11-14-27(21-8-4-3-7-17(21)16-24)22(28)19-10-9-18(15-20(19)25)26-12-5-6-13-26/h3-4,7-10,15H,5-6,11-14,16H2,1-2H3. The lowest BCUT2D eigenvalue weighted by Gasteiger charge is -2.26. The minimum atomic E-state index is -0.677. The van der Waals surface area contributed by atoms with Crippen molar-refractivity contribution in [2.24, 2.45) is 5.41 Å². The van der Waals surface area contributed by atoms with Gasteiger partial charge in [0, 0.05) is 31.0 Å². The first kappa shape index (κ1) is 20.7. The summed E-state index contributed by atoms with van der Waals surface area (Å²) in [7, 11) is 1.41. The average Bonchev–Trinajstić information content (AvgIpc) is 3.23. The molecule has 1 unspecified atom stereocenters. The first-order chi connectivity index (χ1) is 14.4. The molecule has 0 aliphatic carbocycles. The third kappa shape index (κ3) is 3.79. The molecule has 6 heteroatoms. The molecule has 2 aliphatic heterocycles. The summed E-state index contributed by atoms with van der Waals surface area (Å²) in [5.74, 6) is -0.394. The van der Waals surface area contributed by atoms with Crippen molar-refractivity contribution in [1.29, 1.82) is 0 Å². The predicted octanol–water partition coefficient (Wildman–Crippen LogP) is 4.71. The summed E-state index contributed by atoms with van der Waals surface area (Å²) in [6, 6.07) is 13.4. The van der Waals surface area contributed by atoms with Gasteiger partial charge in [0.2, 0.25) is 0 Å². The number of ether oxygens (including phenoxy) is 1. The van der Waals surface area contributed by atoms with E-state index < -0.39 is 5.41 Å². The van der Waals surface area contributed by atoms with Crippen LogP contribution in [0, 0.1) is 5.41 Å². The Labute approximate surface area is 182 Å². The summed E-state index contributed by atoms with van der Waals surface area (Å²) < 4.78 is 5.06. The smallest absolute Gasteiger partial charge is 0.311 e. The Kier molecular flexibility index (Phi) is 5.74. The maximum Gasteiger partial charge on any atom is 0.311 e. The third-order valence-corrected chi connectivity index (χ3v) is 6.64. The quantitative estimate of drug-likeness (QED) is 0.667. The van der Waals surface area contributed by atoms with Crippen LogP contribution in [0.2, 0.25) is 5.02 Å². The second-order valence-electron chi connectivity index (χ2n) is 8.42. The highest BCUT2D eigenvalue weighted by Gasteiger charge is 2.39. The molecule has 5 nitrogen and oxygen atoms in total. The van der Waals surface area contributed by atoms with Crippen LogP contribution >= 0.6 is 11.6 Å². The monoisotopic (exact) mass is 426 g/mol. The molecular formula is C24H27ClN2O3. The van der Waals surface area contributed by atoms with Crippen molar-refractivity contribution < 1.29 is 14.3 Å². The van der Waals surface area contributed by atoms with Gasteiger partial charge in [0.05, 0.1) is 23.1 Å². The Hall–Kier alpha value is -2.53. The number of benzene rings is 2. The molecule has 0 spiro atoms. The second kappa shape index (κ2) is 8.31. The van der Waals surface area contributed by atoms with Gasteiger partial charge < -0.3 is 14.5 Å². The van der Waals surface area contributed by atoms with Crippen molar-refractivity contribution in [2.45, 2.75) is 32.6 Å². The van der Waals surface area contributed by atoms with Gasteiger partial charge >= 0.3 is 5.97 Å². The lowest BCUT2D eigenvalue weighted by molar-refractivity contribution is -0.152. The first-order valence-electron chi connectivity index (χ1n) is 10.5. The molecule has 0 N–H and O–H groups in total. The van der Waals surface area contributed by atoms with Crippen LogP contribution in [0.5, 0.6) is 0 Å². The highest BCUT2D eigenvalue weighted by Crippen LogP contribution is 2.38. The van der Waals surface area contributed by atoms with Gasteiger partial charge in [-0.15, -0.1) is 0 Å². The highest BCUT2D eigenvalue weighted by molar-refractivity contribution is 6.34. The van der Waals surface area contributed by atoms with Crippen molar-refractivity contribution in [1.82, 2.24) is 0 Å². The number of carbonyl (C=O) groups is 2. The van der Waals surface area contributed by atoms with Crippen LogP contribution in [0.4, 0.5) is 11.4 Å². The molecule has 1 fully saturated rings. The van der Waals surface area contributed by atoms with Crippen molar-refractivity contribution in [3.8, 4) is 0 Å². The molecule has 30 heavy (non-hydrogen) atoms. The zero-order valence-electron chi connectivity index (χ0n) is 17.5. The van der Waals surface area contributed by atoms with Gasteiger partial charge in [0.25, 0.3) is 5.91 Å². The minimum Gasteiger partial charge on any atom is -0.469 e. The fraction of sp³-hybridized carbons (Fsp3) is 0.417. The maximum absolute atomic E-state index is 13.5. The Balaban J connectivity index is 1.66. The van der Waals surface area contributed by atoms with E-state index in [4.69, 9.17) is 16.3 Å². The number of anilines is 2. The van der Waals surface area contributed by atoms with E-state index >= 15 is 0 Å². The van der Waals surface area contributed by atoms with Crippen molar-refractivity contribution in [2.75, 3.05) is 36.5 Å². The van der Waals surface area contributed by atoms with Crippen molar-refractivity contribution in [3.05, 3.63) is 58.6 Å². The highest BCUT2D eigenvalue weighted by atomic mass is 35.5. The van der Waals surface area contributed by atoms with Gasteiger partial charge in [0.1, 0.15) is 0 Å². The number of carbonyl (C=O) groups excluding carboxylic acids is 2. The Bertz CT molecular complexity index is 971. The number of fused-ring (bicyclic) bond motifs is 1. The summed E-state index contributed by atoms with van der Waals surface area (Å²) in [6.07, 6.45) is 3.41. The fourth-order valence-electron chi connectivity index (χ4n) is 4.54. The average molecular weight is 427 g/mol. The topological polar surface area (TPSA) is 49.9 Å². The number of nitrogens with zero attached hydrogens (tertiary/aromatic N) is 2. The number of esters is 1. The van der Waals surface area contributed by atoms with Gasteiger partial charge in [-0.2, -0.15) is 0 Å². The van der Waals surface area contributed by atoms with Gasteiger partial charge in [-0.05, 0) is 62.4 Å². The summed E-state index contributed by atoms with van der Waals surface area (Å²) in [6.45, 7) is 4.37. The van der Waals surface area contributed by atoms with Crippen LogP contribution in [-0.4, -0.2) is 38.6 Å².